The van der Waals surface area contributed by atoms with Crippen LogP contribution in [0.3, 0.4) is 0 Å². The largest absolute Gasteiger partial charge is 0.338 e. The third-order valence-corrected chi connectivity index (χ3v) is 4.60. The minimum absolute atomic E-state index is 0.0912. The molecule has 0 unspecified atom stereocenters. The third kappa shape index (κ3) is 3.09. The number of hydrogen-bond donors (Lipinski definition) is 1. The van der Waals surface area contributed by atoms with Gasteiger partial charge in [0, 0.05) is 24.5 Å². The highest BCUT2D eigenvalue weighted by molar-refractivity contribution is 5.97. The first-order chi connectivity index (χ1) is 11.9. The minimum atomic E-state index is -0.130. The molecule has 0 aliphatic heterocycles. The van der Waals surface area contributed by atoms with Crippen molar-refractivity contribution >= 4 is 16.9 Å². The van der Waals surface area contributed by atoms with Crippen LogP contribution < -0.4 is 5.56 Å². The van der Waals surface area contributed by atoms with Gasteiger partial charge < -0.3 is 9.88 Å². The predicted octanol–water partition coefficient (Wildman–Crippen LogP) is 3.36. The predicted molar refractivity (Wildman–Crippen MR) is 101 cm³/mol. The van der Waals surface area contributed by atoms with Crippen molar-refractivity contribution < 1.29 is 4.79 Å². The molecule has 1 amide bonds. The van der Waals surface area contributed by atoms with E-state index in [1.807, 2.05) is 38.1 Å². The molecule has 1 N–H and O–H groups in total. The number of benzene rings is 1. The molecule has 25 heavy (non-hydrogen) atoms. The summed E-state index contributed by atoms with van der Waals surface area (Å²) in [5, 5.41) is 0.833. The Morgan fingerprint density at radius 1 is 1.16 bits per heavy atom. The van der Waals surface area contributed by atoms with Crippen molar-refractivity contribution in [3.8, 4) is 5.69 Å². The number of hydrogen-bond acceptors (Lipinski definition) is 2. The number of aryl methyl sites for hydroxylation is 1. The highest BCUT2D eigenvalue weighted by Gasteiger charge is 2.18. The average molecular weight is 337 g/mol. The first-order valence-corrected chi connectivity index (χ1v) is 8.53. The smallest absolute Gasteiger partial charge is 0.270 e. The Balaban J connectivity index is 2.14. The molecule has 2 heterocycles. The van der Waals surface area contributed by atoms with E-state index >= 15 is 0 Å². The van der Waals surface area contributed by atoms with E-state index in [0.29, 0.717) is 11.3 Å². The second-order valence-corrected chi connectivity index (χ2v) is 6.52. The van der Waals surface area contributed by atoms with Gasteiger partial charge in [0.25, 0.3) is 11.5 Å². The second-order valence-electron chi connectivity index (χ2n) is 6.52. The number of pyridine rings is 1. The summed E-state index contributed by atoms with van der Waals surface area (Å²) in [7, 11) is 1.77. The number of rotatable bonds is 4. The van der Waals surface area contributed by atoms with E-state index in [4.69, 9.17) is 0 Å². The molecule has 0 saturated heterocycles. The maximum Gasteiger partial charge on any atom is 0.270 e. The molecular formula is C20H23N3O2. The number of aromatic nitrogens is 2. The third-order valence-electron chi connectivity index (χ3n) is 4.60. The maximum absolute atomic E-state index is 12.6. The summed E-state index contributed by atoms with van der Waals surface area (Å²) in [6, 6.07) is 13.1. The lowest BCUT2D eigenvalue weighted by Gasteiger charge is -2.20. The standard InChI is InChI=1S/C20H23N3O2/c1-5-14-6-9-16(10-7-14)23-18(24)11-8-15-12-17(21-19(15)23)20(25)22(4)13(2)3/h6-13,21H,5H2,1-4H3. The monoisotopic (exact) mass is 337 g/mol. The van der Waals surface area contributed by atoms with E-state index in [2.05, 4.69) is 11.9 Å². The summed E-state index contributed by atoms with van der Waals surface area (Å²) in [5.41, 5.74) is 2.98. The first-order valence-electron chi connectivity index (χ1n) is 8.53. The SMILES string of the molecule is CCc1ccc(-n2c(=O)ccc3cc(C(=O)N(C)C(C)C)[nH]c32)cc1. The molecule has 5 heteroatoms. The van der Waals surface area contributed by atoms with Crippen molar-refractivity contribution in [2.75, 3.05) is 7.05 Å². The Bertz CT molecular complexity index is 965. The van der Waals surface area contributed by atoms with Gasteiger partial charge >= 0.3 is 0 Å². The van der Waals surface area contributed by atoms with Crippen LogP contribution in [0.2, 0.25) is 0 Å². The Kier molecular flexibility index (Phi) is 4.49. The van der Waals surface area contributed by atoms with Crippen molar-refractivity contribution in [2.45, 2.75) is 33.2 Å². The highest BCUT2D eigenvalue weighted by atomic mass is 16.2. The van der Waals surface area contributed by atoms with Gasteiger partial charge in [0.15, 0.2) is 0 Å². The average Bonchev–Trinajstić information content (AvgIpc) is 3.04. The van der Waals surface area contributed by atoms with Gasteiger partial charge in [-0.1, -0.05) is 19.1 Å². The lowest BCUT2D eigenvalue weighted by Crippen LogP contribution is -2.33. The molecule has 2 aromatic heterocycles. The molecule has 3 aromatic rings. The fraction of sp³-hybridized carbons (Fsp3) is 0.300. The Hall–Kier alpha value is -2.82. The van der Waals surface area contributed by atoms with Gasteiger partial charge in [-0.15, -0.1) is 0 Å². The van der Waals surface area contributed by atoms with E-state index in [1.54, 1.807) is 28.6 Å². The van der Waals surface area contributed by atoms with Gasteiger partial charge in [-0.2, -0.15) is 0 Å². The molecule has 0 radical (unpaired) electrons. The number of nitrogens with one attached hydrogen (secondary N) is 1. The van der Waals surface area contributed by atoms with E-state index in [0.717, 1.165) is 17.5 Å². The van der Waals surface area contributed by atoms with Gasteiger partial charge in [0.05, 0.1) is 5.69 Å². The molecule has 0 spiro atoms. The molecule has 5 nitrogen and oxygen atoms in total. The molecule has 0 fully saturated rings. The topological polar surface area (TPSA) is 58.1 Å². The van der Waals surface area contributed by atoms with Crippen LogP contribution in [0.15, 0.2) is 47.3 Å². The second kappa shape index (κ2) is 6.59. The zero-order chi connectivity index (χ0) is 18.1. The minimum Gasteiger partial charge on any atom is -0.338 e. The summed E-state index contributed by atoms with van der Waals surface area (Å²) >= 11 is 0. The molecule has 130 valence electrons. The first kappa shape index (κ1) is 17.0. The maximum atomic E-state index is 12.6. The molecule has 1 aromatic carbocycles. The number of aromatic amines is 1. The van der Waals surface area contributed by atoms with Gasteiger partial charge in [0.1, 0.15) is 11.3 Å². The van der Waals surface area contributed by atoms with Gasteiger partial charge in [-0.25, -0.2) is 0 Å². The zero-order valence-electron chi connectivity index (χ0n) is 15.0. The number of nitrogens with zero attached hydrogens (tertiary/aromatic N) is 2. The van der Waals surface area contributed by atoms with E-state index < -0.39 is 0 Å². The summed E-state index contributed by atoms with van der Waals surface area (Å²) < 4.78 is 1.61. The lowest BCUT2D eigenvalue weighted by molar-refractivity contribution is 0.0750. The van der Waals surface area contributed by atoms with Crippen LogP contribution in [0.4, 0.5) is 0 Å². The molecule has 0 aliphatic carbocycles. The number of carbonyl (C=O) groups excluding carboxylic acids is 1. The number of amides is 1. The Labute approximate surface area is 146 Å². The highest BCUT2D eigenvalue weighted by Crippen LogP contribution is 2.19. The number of carbonyl (C=O) groups is 1. The van der Waals surface area contributed by atoms with E-state index in [1.165, 1.54) is 11.6 Å². The van der Waals surface area contributed by atoms with Crippen molar-refractivity contribution in [1.29, 1.82) is 0 Å². The van der Waals surface area contributed by atoms with Crippen molar-refractivity contribution in [3.63, 3.8) is 0 Å². The lowest BCUT2D eigenvalue weighted by atomic mass is 10.1. The molecule has 3 rings (SSSR count). The fourth-order valence-corrected chi connectivity index (χ4v) is 2.79. The van der Waals surface area contributed by atoms with Gasteiger partial charge in [-0.3, -0.25) is 14.2 Å². The van der Waals surface area contributed by atoms with Crippen LogP contribution in [0.25, 0.3) is 16.7 Å². The summed E-state index contributed by atoms with van der Waals surface area (Å²) in [6.07, 6.45) is 0.946. The van der Waals surface area contributed by atoms with Crippen LogP contribution in [0.1, 0.15) is 36.8 Å². The van der Waals surface area contributed by atoms with Crippen molar-refractivity contribution in [3.05, 3.63) is 64.1 Å². The van der Waals surface area contributed by atoms with Crippen LogP contribution in [-0.2, 0) is 6.42 Å². The van der Waals surface area contributed by atoms with E-state index in [9.17, 15) is 9.59 Å². The number of H-pyrrole nitrogens is 1. The summed E-state index contributed by atoms with van der Waals surface area (Å²) in [6.45, 7) is 6.02. The van der Waals surface area contributed by atoms with Crippen LogP contribution in [0, 0.1) is 0 Å². The van der Waals surface area contributed by atoms with Gasteiger partial charge in [-0.05, 0) is 50.1 Å². The fourth-order valence-electron chi connectivity index (χ4n) is 2.79. The number of fused-ring (bicyclic) bond motifs is 1. The molecule has 0 atom stereocenters. The summed E-state index contributed by atoms with van der Waals surface area (Å²) in [4.78, 5) is 29.8. The molecule has 0 bridgehead atoms. The van der Waals surface area contributed by atoms with Gasteiger partial charge in [0.2, 0.25) is 0 Å². The van der Waals surface area contributed by atoms with Crippen molar-refractivity contribution in [2.24, 2.45) is 0 Å². The zero-order valence-corrected chi connectivity index (χ0v) is 15.0. The Morgan fingerprint density at radius 2 is 1.84 bits per heavy atom. The summed E-state index contributed by atoms with van der Waals surface area (Å²) in [5.74, 6) is -0.0912. The normalized spacial score (nSPS) is 11.2. The van der Waals surface area contributed by atoms with Crippen LogP contribution in [0.5, 0.6) is 0 Å². The molecule has 0 saturated carbocycles. The van der Waals surface area contributed by atoms with E-state index in [-0.39, 0.29) is 17.5 Å². The van der Waals surface area contributed by atoms with Crippen LogP contribution in [-0.4, -0.2) is 33.4 Å². The van der Waals surface area contributed by atoms with Crippen molar-refractivity contribution in [1.82, 2.24) is 14.5 Å². The van der Waals surface area contributed by atoms with Crippen LogP contribution >= 0.6 is 0 Å². The molecule has 0 aliphatic rings. The quantitative estimate of drug-likeness (QED) is 0.793. The molecular weight excluding hydrogens is 314 g/mol. The Morgan fingerprint density at radius 3 is 2.44 bits per heavy atom.